The number of ether oxygens (including phenoxy) is 2. The lowest BCUT2D eigenvalue weighted by Gasteiger charge is -2.42. The fourth-order valence-electron chi connectivity index (χ4n) is 5.02. The standard InChI is InChI=1S/C25H30N6O3/c1-16(19-10-24(32)27-12-19)34-22-9-18(8-21-25(22)29-15-28-21)17-2-3-23(26-11-17)31-6-4-30(5-7-31)20-13-33-14-20/h2-3,8-9,11,15-16,19-20H,4-7,10,12-14H2,1H3,(H,27,32)(H,28,29)/t16-,19-/m1/s1. The van der Waals surface area contributed by atoms with Gasteiger partial charge in [-0.1, -0.05) is 0 Å². The van der Waals surface area contributed by atoms with Gasteiger partial charge in [0.1, 0.15) is 23.2 Å². The van der Waals surface area contributed by atoms with E-state index in [1.165, 1.54) is 0 Å². The minimum atomic E-state index is -0.0974. The van der Waals surface area contributed by atoms with Crippen molar-refractivity contribution in [3.8, 4) is 16.9 Å². The van der Waals surface area contributed by atoms with Crippen molar-refractivity contribution in [2.45, 2.75) is 25.5 Å². The summed E-state index contributed by atoms with van der Waals surface area (Å²) in [4.78, 5) is 28.9. The molecule has 0 radical (unpaired) electrons. The van der Waals surface area contributed by atoms with E-state index in [9.17, 15) is 4.79 Å². The number of imidazole rings is 1. The molecule has 9 heteroatoms. The average molecular weight is 463 g/mol. The largest absolute Gasteiger partial charge is 0.488 e. The van der Waals surface area contributed by atoms with Crippen molar-refractivity contribution in [2.24, 2.45) is 5.92 Å². The molecule has 1 aromatic carbocycles. The van der Waals surface area contributed by atoms with Crippen molar-refractivity contribution in [2.75, 3.05) is 50.8 Å². The minimum Gasteiger partial charge on any atom is -0.488 e. The van der Waals surface area contributed by atoms with Gasteiger partial charge in [-0.3, -0.25) is 9.69 Å². The Morgan fingerprint density at radius 2 is 1.97 bits per heavy atom. The number of carbonyl (C=O) groups excluding carboxylic acids is 1. The highest BCUT2D eigenvalue weighted by molar-refractivity contribution is 5.87. The molecule has 6 rings (SSSR count). The lowest BCUT2D eigenvalue weighted by molar-refractivity contribution is -0.119. The van der Waals surface area contributed by atoms with E-state index in [0.29, 0.717) is 19.0 Å². The summed E-state index contributed by atoms with van der Waals surface area (Å²) in [7, 11) is 0. The van der Waals surface area contributed by atoms with Gasteiger partial charge in [0.25, 0.3) is 0 Å². The molecule has 0 saturated carbocycles. The first kappa shape index (κ1) is 21.4. The van der Waals surface area contributed by atoms with Crippen LogP contribution in [0.5, 0.6) is 5.75 Å². The van der Waals surface area contributed by atoms with Crippen molar-refractivity contribution in [1.82, 2.24) is 25.2 Å². The Labute approximate surface area is 198 Å². The predicted molar refractivity (Wildman–Crippen MR) is 129 cm³/mol. The van der Waals surface area contributed by atoms with Gasteiger partial charge in [0.05, 0.1) is 31.1 Å². The van der Waals surface area contributed by atoms with Crippen molar-refractivity contribution in [3.63, 3.8) is 0 Å². The maximum Gasteiger partial charge on any atom is 0.220 e. The van der Waals surface area contributed by atoms with E-state index in [1.807, 2.05) is 19.2 Å². The molecule has 0 spiro atoms. The number of fused-ring (bicyclic) bond motifs is 1. The molecule has 3 aromatic rings. The van der Waals surface area contributed by atoms with E-state index in [2.05, 4.69) is 43.3 Å². The van der Waals surface area contributed by atoms with Crippen LogP contribution in [0.4, 0.5) is 5.82 Å². The molecular formula is C25H30N6O3. The van der Waals surface area contributed by atoms with Crippen LogP contribution in [0, 0.1) is 5.92 Å². The molecule has 2 N–H and O–H groups in total. The summed E-state index contributed by atoms with van der Waals surface area (Å²) >= 11 is 0. The number of anilines is 1. The summed E-state index contributed by atoms with van der Waals surface area (Å²) in [6, 6.07) is 8.93. The number of hydrogen-bond acceptors (Lipinski definition) is 7. The van der Waals surface area contributed by atoms with E-state index in [1.54, 1.807) is 6.33 Å². The van der Waals surface area contributed by atoms with Crippen molar-refractivity contribution < 1.29 is 14.3 Å². The Kier molecular flexibility index (Phi) is 5.58. The summed E-state index contributed by atoms with van der Waals surface area (Å²) in [5.74, 6) is 1.98. The zero-order valence-electron chi connectivity index (χ0n) is 19.4. The van der Waals surface area contributed by atoms with Crippen molar-refractivity contribution >= 4 is 22.8 Å². The van der Waals surface area contributed by atoms with Gasteiger partial charge in [0, 0.05) is 56.8 Å². The van der Waals surface area contributed by atoms with E-state index >= 15 is 0 Å². The number of carbonyl (C=O) groups is 1. The Morgan fingerprint density at radius 1 is 1.12 bits per heavy atom. The van der Waals surface area contributed by atoms with Gasteiger partial charge in [0.15, 0.2) is 0 Å². The monoisotopic (exact) mass is 462 g/mol. The fraction of sp³-hybridized carbons (Fsp3) is 0.480. The topological polar surface area (TPSA) is 95.6 Å². The lowest BCUT2D eigenvalue weighted by Crippen LogP contribution is -2.56. The van der Waals surface area contributed by atoms with E-state index in [4.69, 9.17) is 14.5 Å². The van der Waals surface area contributed by atoms with Crippen LogP contribution in [0.1, 0.15) is 13.3 Å². The Hall–Kier alpha value is -3.17. The SMILES string of the molecule is C[C@@H](Oc1cc(-c2ccc(N3CCN(C4COC4)CC3)nc2)cc2[nH]cnc12)[C@H]1CNC(=O)C1. The Morgan fingerprint density at radius 3 is 2.65 bits per heavy atom. The molecule has 34 heavy (non-hydrogen) atoms. The Bertz CT molecular complexity index is 1170. The van der Waals surface area contributed by atoms with Crippen LogP contribution >= 0.6 is 0 Å². The molecule has 1 amide bonds. The Balaban J connectivity index is 1.19. The van der Waals surface area contributed by atoms with E-state index in [-0.39, 0.29) is 17.9 Å². The second-order valence-electron chi connectivity index (χ2n) is 9.48. The summed E-state index contributed by atoms with van der Waals surface area (Å²) < 4.78 is 11.7. The maximum absolute atomic E-state index is 11.6. The second kappa shape index (κ2) is 8.88. The van der Waals surface area contributed by atoms with Gasteiger partial charge in [-0.15, -0.1) is 0 Å². The first-order chi connectivity index (χ1) is 16.6. The summed E-state index contributed by atoms with van der Waals surface area (Å²) in [5.41, 5.74) is 3.77. The third-order valence-electron chi connectivity index (χ3n) is 7.33. The van der Waals surface area contributed by atoms with Gasteiger partial charge >= 0.3 is 0 Å². The molecule has 0 aliphatic carbocycles. The predicted octanol–water partition coefficient (Wildman–Crippen LogP) is 2.05. The van der Waals surface area contributed by atoms with Crippen molar-refractivity contribution in [1.29, 1.82) is 0 Å². The number of nitrogens with zero attached hydrogens (tertiary/aromatic N) is 4. The number of rotatable bonds is 6. The van der Waals surface area contributed by atoms with E-state index in [0.717, 1.165) is 73.1 Å². The number of amides is 1. The zero-order valence-corrected chi connectivity index (χ0v) is 19.4. The van der Waals surface area contributed by atoms with Crippen LogP contribution in [0.15, 0.2) is 36.8 Å². The summed E-state index contributed by atoms with van der Waals surface area (Å²) in [6.45, 7) is 8.47. The molecule has 3 aliphatic heterocycles. The number of piperazine rings is 1. The highest BCUT2D eigenvalue weighted by Gasteiger charge is 2.30. The number of H-pyrrole nitrogens is 1. The highest BCUT2D eigenvalue weighted by Crippen LogP contribution is 2.33. The molecule has 5 heterocycles. The molecule has 9 nitrogen and oxygen atoms in total. The second-order valence-corrected chi connectivity index (χ2v) is 9.48. The minimum absolute atomic E-state index is 0.0868. The quantitative estimate of drug-likeness (QED) is 0.579. The van der Waals surface area contributed by atoms with Crippen LogP contribution in [-0.2, 0) is 9.53 Å². The molecule has 3 fully saturated rings. The number of aromatic amines is 1. The van der Waals surface area contributed by atoms with Gasteiger partial charge in [-0.05, 0) is 36.8 Å². The number of hydrogen-bond donors (Lipinski definition) is 2. The molecule has 3 aliphatic rings. The molecular weight excluding hydrogens is 432 g/mol. The number of aromatic nitrogens is 3. The highest BCUT2D eigenvalue weighted by atomic mass is 16.5. The van der Waals surface area contributed by atoms with Crippen LogP contribution in [0.25, 0.3) is 22.2 Å². The molecule has 0 unspecified atom stereocenters. The molecule has 2 aromatic heterocycles. The zero-order chi connectivity index (χ0) is 23.1. The lowest BCUT2D eigenvalue weighted by atomic mass is 10.0. The third-order valence-corrected chi connectivity index (χ3v) is 7.33. The summed E-state index contributed by atoms with van der Waals surface area (Å²) in [5, 5.41) is 2.89. The molecule has 3 saturated heterocycles. The number of pyridine rings is 1. The third kappa shape index (κ3) is 4.10. The normalized spacial score (nSPS) is 22.6. The van der Waals surface area contributed by atoms with E-state index < -0.39 is 0 Å². The maximum atomic E-state index is 11.6. The van der Waals surface area contributed by atoms with Crippen molar-refractivity contribution in [3.05, 3.63) is 36.8 Å². The fourth-order valence-corrected chi connectivity index (χ4v) is 5.02. The van der Waals surface area contributed by atoms with Crippen LogP contribution in [0.3, 0.4) is 0 Å². The van der Waals surface area contributed by atoms with Gasteiger partial charge in [-0.25, -0.2) is 9.97 Å². The smallest absolute Gasteiger partial charge is 0.220 e. The average Bonchev–Trinajstić information content (AvgIpc) is 3.48. The number of nitrogens with one attached hydrogen (secondary N) is 2. The summed E-state index contributed by atoms with van der Waals surface area (Å²) in [6.07, 6.45) is 4.02. The molecule has 2 atom stereocenters. The molecule has 178 valence electrons. The van der Waals surface area contributed by atoms with Crippen LogP contribution in [0.2, 0.25) is 0 Å². The van der Waals surface area contributed by atoms with Gasteiger partial charge < -0.3 is 24.7 Å². The number of benzene rings is 1. The van der Waals surface area contributed by atoms with Gasteiger partial charge in [-0.2, -0.15) is 0 Å². The van der Waals surface area contributed by atoms with Gasteiger partial charge in [0.2, 0.25) is 5.91 Å². The first-order valence-electron chi connectivity index (χ1n) is 12.1. The van der Waals surface area contributed by atoms with Crippen LogP contribution < -0.4 is 15.0 Å². The van der Waals surface area contributed by atoms with Crippen LogP contribution in [-0.4, -0.2) is 83.8 Å². The first-order valence-corrected chi connectivity index (χ1v) is 12.1. The molecule has 0 bridgehead atoms.